The van der Waals surface area contributed by atoms with Gasteiger partial charge in [0.25, 0.3) is 0 Å². The van der Waals surface area contributed by atoms with E-state index in [1.807, 2.05) is 6.92 Å². The number of aromatic nitrogens is 1. The van der Waals surface area contributed by atoms with Gasteiger partial charge >= 0.3 is 0 Å². The van der Waals surface area contributed by atoms with Crippen molar-refractivity contribution in [1.82, 2.24) is 4.98 Å². The molecule has 0 amide bonds. The van der Waals surface area contributed by atoms with Gasteiger partial charge in [-0.2, -0.15) is 0 Å². The summed E-state index contributed by atoms with van der Waals surface area (Å²) in [4.78, 5) is 15.3. The molecule has 1 aliphatic rings. The molecule has 0 bridgehead atoms. The molecule has 80 valence electrons. The van der Waals surface area contributed by atoms with Crippen molar-refractivity contribution < 1.29 is 4.79 Å². The number of rotatable bonds is 1. The summed E-state index contributed by atoms with van der Waals surface area (Å²) in [7, 11) is 0. The van der Waals surface area contributed by atoms with Crippen LogP contribution >= 0.6 is 0 Å². The molecule has 0 radical (unpaired) electrons. The molecule has 0 aromatic carbocycles. The van der Waals surface area contributed by atoms with Crippen LogP contribution in [0.25, 0.3) is 0 Å². The third kappa shape index (κ3) is 2.17. The van der Waals surface area contributed by atoms with Gasteiger partial charge in [-0.25, -0.2) is 4.98 Å². The fourth-order valence-electron chi connectivity index (χ4n) is 2.18. The number of pyridine rings is 1. The third-order valence-corrected chi connectivity index (χ3v) is 3.07. The van der Waals surface area contributed by atoms with Crippen LogP contribution in [0.15, 0.2) is 12.3 Å². The number of carbonyl (C=O) groups is 1. The van der Waals surface area contributed by atoms with E-state index in [9.17, 15) is 4.79 Å². The Balaban J connectivity index is 2.21. The molecule has 3 heteroatoms. The molecule has 2 rings (SSSR count). The van der Waals surface area contributed by atoms with Crippen molar-refractivity contribution in [3.63, 3.8) is 0 Å². The molecule has 1 heterocycles. The molecule has 0 saturated heterocycles. The summed E-state index contributed by atoms with van der Waals surface area (Å²) in [6, 6.07) is 2.10. The van der Waals surface area contributed by atoms with E-state index in [2.05, 4.69) is 11.1 Å². The SMILES string of the molecule is Cc1cnc(N)c(C2CCC(=O)CC2)c1. The van der Waals surface area contributed by atoms with Crippen molar-refractivity contribution in [2.45, 2.75) is 38.5 Å². The van der Waals surface area contributed by atoms with Crippen LogP contribution in [-0.4, -0.2) is 10.8 Å². The lowest BCUT2D eigenvalue weighted by Crippen LogP contribution is -2.14. The van der Waals surface area contributed by atoms with Crippen LogP contribution in [0.2, 0.25) is 0 Å². The molecule has 0 aliphatic heterocycles. The maximum Gasteiger partial charge on any atom is 0.132 e. The highest BCUT2D eigenvalue weighted by atomic mass is 16.1. The molecule has 2 N–H and O–H groups in total. The van der Waals surface area contributed by atoms with Gasteiger partial charge < -0.3 is 5.73 Å². The molecule has 1 aromatic rings. The quantitative estimate of drug-likeness (QED) is 0.763. The van der Waals surface area contributed by atoms with Crippen LogP contribution in [0.4, 0.5) is 5.82 Å². The minimum atomic E-state index is 0.380. The van der Waals surface area contributed by atoms with Crippen molar-refractivity contribution >= 4 is 11.6 Å². The smallest absolute Gasteiger partial charge is 0.132 e. The number of nitrogen functional groups attached to an aromatic ring is 1. The van der Waals surface area contributed by atoms with E-state index in [1.165, 1.54) is 0 Å². The normalized spacial score (nSPS) is 18.1. The minimum Gasteiger partial charge on any atom is -0.383 e. The fraction of sp³-hybridized carbons (Fsp3) is 0.500. The van der Waals surface area contributed by atoms with Crippen LogP contribution < -0.4 is 5.73 Å². The average Bonchev–Trinajstić information content (AvgIpc) is 2.23. The second-order valence-electron chi connectivity index (χ2n) is 4.30. The Morgan fingerprint density at radius 2 is 2.07 bits per heavy atom. The lowest BCUT2D eigenvalue weighted by molar-refractivity contribution is -0.120. The van der Waals surface area contributed by atoms with Crippen LogP contribution in [-0.2, 0) is 4.79 Å². The summed E-state index contributed by atoms with van der Waals surface area (Å²) in [5.74, 6) is 1.43. The second-order valence-corrected chi connectivity index (χ2v) is 4.30. The lowest BCUT2D eigenvalue weighted by atomic mass is 9.83. The molecule has 0 unspecified atom stereocenters. The Labute approximate surface area is 89.7 Å². The molecule has 1 aliphatic carbocycles. The number of carbonyl (C=O) groups excluding carboxylic acids is 1. The molecule has 1 fully saturated rings. The Morgan fingerprint density at radius 1 is 1.40 bits per heavy atom. The van der Waals surface area contributed by atoms with Gasteiger partial charge in [0.2, 0.25) is 0 Å². The van der Waals surface area contributed by atoms with Crippen molar-refractivity contribution in [1.29, 1.82) is 0 Å². The molecule has 0 atom stereocenters. The van der Waals surface area contributed by atoms with Crippen molar-refractivity contribution in [2.75, 3.05) is 5.73 Å². The van der Waals surface area contributed by atoms with Gasteiger partial charge in [-0.05, 0) is 36.8 Å². The number of anilines is 1. The lowest BCUT2D eigenvalue weighted by Gasteiger charge is -2.22. The number of Topliss-reactive ketones (excluding diaryl/α,β-unsaturated/α-hetero) is 1. The first kappa shape index (κ1) is 10.1. The standard InChI is InChI=1S/C12H16N2O/c1-8-6-11(12(13)14-7-8)9-2-4-10(15)5-3-9/h6-7,9H,2-5H2,1H3,(H2,13,14). The van der Waals surface area contributed by atoms with Gasteiger partial charge in [0, 0.05) is 19.0 Å². The zero-order valence-electron chi connectivity index (χ0n) is 8.99. The van der Waals surface area contributed by atoms with E-state index in [-0.39, 0.29) is 0 Å². The summed E-state index contributed by atoms with van der Waals surface area (Å²) in [5.41, 5.74) is 8.12. The van der Waals surface area contributed by atoms with Gasteiger partial charge in [-0.1, -0.05) is 6.07 Å². The number of hydrogen-bond donors (Lipinski definition) is 1. The van der Waals surface area contributed by atoms with Gasteiger partial charge in [-0.15, -0.1) is 0 Å². The molecule has 15 heavy (non-hydrogen) atoms. The van der Waals surface area contributed by atoms with Crippen molar-refractivity contribution in [3.8, 4) is 0 Å². The monoisotopic (exact) mass is 204 g/mol. The minimum absolute atomic E-state index is 0.380. The van der Waals surface area contributed by atoms with Gasteiger partial charge in [-0.3, -0.25) is 4.79 Å². The molecule has 3 nitrogen and oxygen atoms in total. The molecular weight excluding hydrogens is 188 g/mol. The van der Waals surface area contributed by atoms with E-state index in [4.69, 9.17) is 5.73 Å². The predicted octanol–water partition coefficient (Wildman–Crippen LogP) is 2.20. The van der Waals surface area contributed by atoms with E-state index >= 15 is 0 Å². The first-order chi connectivity index (χ1) is 7.16. The number of nitrogens with zero attached hydrogens (tertiary/aromatic N) is 1. The molecule has 0 spiro atoms. The third-order valence-electron chi connectivity index (χ3n) is 3.07. The fourth-order valence-corrected chi connectivity index (χ4v) is 2.18. The summed E-state index contributed by atoms with van der Waals surface area (Å²) in [5, 5.41) is 0. The molecule has 1 saturated carbocycles. The zero-order chi connectivity index (χ0) is 10.8. The van der Waals surface area contributed by atoms with Crippen LogP contribution in [0.1, 0.15) is 42.7 Å². The highest BCUT2D eigenvalue weighted by Gasteiger charge is 2.22. The van der Waals surface area contributed by atoms with Gasteiger partial charge in [0.15, 0.2) is 0 Å². The van der Waals surface area contributed by atoms with E-state index < -0.39 is 0 Å². The highest BCUT2D eigenvalue weighted by molar-refractivity contribution is 5.79. The maximum absolute atomic E-state index is 11.1. The molecule has 1 aromatic heterocycles. The Kier molecular flexibility index (Phi) is 2.71. The maximum atomic E-state index is 11.1. The highest BCUT2D eigenvalue weighted by Crippen LogP contribution is 2.33. The second kappa shape index (κ2) is 4.01. The average molecular weight is 204 g/mol. The summed E-state index contributed by atoms with van der Waals surface area (Å²) in [6.07, 6.45) is 5.02. The number of ketones is 1. The summed E-state index contributed by atoms with van der Waals surface area (Å²) >= 11 is 0. The van der Waals surface area contributed by atoms with Gasteiger partial charge in [0.05, 0.1) is 0 Å². The Morgan fingerprint density at radius 3 is 2.73 bits per heavy atom. The van der Waals surface area contributed by atoms with E-state index in [0.29, 0.717) is 30.4 Å². The molecular formula is C12H16N2O. The summed E-state index contributed by atoms with van der Waals surface area (Å²) in [6.45, 7) is 2.02. The number of nitrogens with two attached hydrogens (primary N) is 1. The van der Waals surface area contributed by atoms with Crippen LogP contribution in [0, 0.1) is 6.92 Å². The topological polar surface area (TPSA) is 56.0 Å². The van der Waals surface area contributed by atoms with E-state index in [1.54, 1.807) is 6.20 Å². The Hall–Kier alpha value is -1.38. The predicted molar refractivity (Wildman–Crippen MR) is 59.6 cm³/mol. The van der Waals surface area contributed by atoms with Crippen LogP contribution in [0.3, 0.4) is 0 Å². The Bertz CT molecular complexity index is 377. The zero-order valence-corrected chi connectivity index (χ0v) is 8.99. The van der Waals surface area contributed by atoms with Gasteiger partial charge in [0.1, 0.15) is 11.6 Å². The largest absolute Gasteiger partial charge is 0.383 e. The summed E-state index contributed by atoms with van der Waals surface area (Å²) < 4.78 is 0. The number of aryl methyl sites for hydroxylation is 1. The van der Waals surface area contributed by atoms with E-state index in [0.717, 1.165) is 24.0 Å². The van der Waals surface area contributed by atoms with Crippen molar-refractivity contribution in [2.24, 2.45) is 0 Å². The first-order valence-corrected chi connectivity index (χ1v) is 5.40. The van der Waals surface area contributed by atoms with Crippen LogP contribution in [0.5, 0.6) is 0 Å². The number of hydrogen-bond acceptors (Lipinski definition) is 3. The van der Waals surface area contributed by atoms with Crippen molar-refractivity contribution in [3.05, 3.63) is 23.4 Å². The first-order valence-electron chi connectivity index (χ1n) is 5.40.